The van der Waals surface area contributed by atoms with Gasteiger partial charge in [-0.05, 0) is 81.2 Å². The van der Waals surface area contributed by atoms with Crippen LogP contribution >= 0.6 is 0 Å². The van der Waals surface area contributed by atoms with E-state index >= 15 is 0 Å². The first-order chi connectivity index (χ1) is 21.9. The number of hydrogen-bond acceptors (Lipinski definition) is 1. The predicted octanol–water partition coefficient (Wildman–Crippen LogP) is 15.0. The number of unbranched alkanes of at least 4 members (excludes halogenated alkanes) is 26. The summed E-state index contributed by atoms with van der Waals surface area (Å²) >= 11 is 0. The van der Waals surface area contributed by atoms with E-state index in [-0.39, 0.29) is 0 Å². The molecule has 1 heteroatoms. The topological polar surface area (TPSA) is 3.24 Å². The van der Waals surface area contributed by atoms with Gasteiger partial charge in [0.25, 0.3) is 0 Å². The number of hydrogen-bond donors (Lipinski definition) is 0. The molecule has 0 aromatic heterocycles. The molecule has 0 spiro atoms. The van der Waals surface area contributed by atoms with Crippen LogP contribution in [0.2, 0.25) is 0 Å². The highest BCUT2D eigenvalue weighted by Gasteiger charge is 2.61. The minimum absolute atomic E-state index is 0.552. The first-order valence-corrected chi connectivity index (χ1v) is 21.7. The van der Waals surface area contributed by atoms with Gasteiger partial charge in [0, 0.05) is 5.54 Å². The van der Waals surface area contributed by atoms with Crippen molar-refractivity contribution in [3.8, 4) is 0 Å². The van der Waals surface area contributed by atoms with Crippen molar-refractivity contribution in [1.29, 1.82) is 0 Å². The molecule has 0 radical (unpaired) electrons. The molecule has 4 aliphatic carbocycles. The Bertz CT molecular complexity index is 662. The minimum atomic E-state index is 0.552. The van der Waals surface area contributed by atoms with Crippen molar-refractivity contribution < 1.29 is 0 Å². The second-order valence-corrected chi connectivity index (χ2v) is 18.0. The van der Waals surface area contributed by atoms with Gasteiger partial charge in [0.1, 0.15) is 0 Å². The van der Waals surface area contributed by atoms with Crippen LogP contribution in [0.15, 0.2) is 0 Å². The van der Waals surface area contributed by atoms with Crippen LogP contribution in [-0.2, 0) is 0 Å². The fourth-order valence-corrected chi connectivity index (χ4v) is 11.3. The smallest absolute Gasteiger partial charge is 0.0222 e. The molecule has 0 aromatic rings. The molecule has 2 atom stereocenters. The summed E-state index contributed by atoms with van der Waals surface area (Å²) in [4.78, 5) is 3.13. The Hall–Kier alpha value is -0.0400. The Labute approximate surface area is 285 Å². The average molecular weight is 628 g/mol. The molecule has 4 fully saturated rings. The summed E-state index contributed by atoms with van der Waals surface area (Å²) in [5, 5.41) is 0. The number of nitrogens with zero attached hydrogens (tertiary/aromatic N) is 1. The molecule has 2 unspecified atom stereocenters. The third kappa shape index (κ3) is 15.4. The van der Waals surface area contributed by atoms with Gasteiger partial charge in [0.05, 0.1) is 0 Å². The van der Waals surface area contributed by atoms with Crippen LogP contribution in [-0.4, -0.2) is 23.5 Å². The summed E-state index contributed by atoms with van der Waals surface area (Å²) < 4.78 is 0. The normalized spacial score (nSPS) is 27.3. The third-order valence-electron chi connectivity index (χ3n) is 12.8. The molecule has 0 heterocycles. The van der Waals surface area contributed by atoms with E-state index in [0.29, 0.717) is 16.4 Å². The Kier molecular flexibility index (Phi) is 19.8. The van der Waals surface area contributed by atoms with Crippen LogP contribution in [0.4, 0.5) is 0 Å². The van der Waals surface area contributed by atoms with E-state index in [1.165, 1.54) is 231 Å². The molecule has 4 saturated carbocycles. The van der Waals surface area contributed by atoms with E-state index in [2.05, 4.69) is 32.6 Å². The lowest BCUT2D eigenvalue weighted by Crippen LogP contribution is -2.65. The van der Waals surface area contributed by atoms with Crippen molar-refractivity contribution in [2.24, 2.45) is 16.7 Å². The quantitative estimate of drug-likeness (QED) is 0.0691. The van der Waals surface area contributed by atoms with E-state index in [1.807, 2.05) is 0 Å². The molecule has 4 bridgehead atoms. The molecule has 4 rings (SSSR count). The Morgan fingerprint density at radius 2 is 0.667 bits per heavy atom. The van der Waals surface area contributed by atoms with Crippen LogP contribution in [0.1, 0.15) is 246 Å². The van der Waals surface area contributed by atoms with Gasteiger partial charge >= 0.3 is 0 Å². The Balaban J connectivity index is 1.28. The fraction of sp³-hybridized carbons (Fsp3) is 1.00. The van der Waals surface area contributed by atoms with E-state index in [9.17, 15) is 0 Å². The highest BCUT2D eigenvalue weighted by atomic mass is 15.2. The molecule has 1 nitrogen and oxygen atoms in total. The van der Waals surface area contributed by atoms with E-state index in [4.69, 9.17) is 0 Å². The molecule has 0 N–H and O–H groups in total. The minimum Gasteiger partial charge on any atom is -0.298 e. The van der Waals surface area contributed by atoms with E-state index < -0.39 is 0 Å². The molecular weight excluding hydrogens is 542 g/mol. The second kappa shape index (κ2) is 22.6. The van der Waals surface area contributed by atoms with Crippen molar-refractivity contribution >= 4 is 0 Å². The van der Waals surface area contributed by atoms with E-state index in [0.717, 1.165) is 5.92 Å². The molecule has 0 saturated heterocycles. The maximum atomic E-state index is 3.13. The summed E-state index contributed by atoms with van der Waals surface area (Å²) in [5.41, 5.74) is 1.82. The van der Waals surface area contributed by atoms with Gasteiger partial charge in [-0.3, -0.25) is 4.90 Å². The zero-order valence-corrected chi connectivity index (χ0v) is 32.0. The molecule has 0 aromatic carbocycles. The molecule has 0 amide bonds. The lowest BCUT2D eigenvalue weighted by Gasteiger charge is -2.68. The van der Waals surface area contributed by atoms with Crippen molar-refractivity contribution in [2.45, 2.75) is 252 Å². The van der Waals surface area contributed by atoms with Gasteiger partial charge in [0.2, 0.25) is 0 Å². The maximum Gasteiger partial charge on any atom is 0.0222 e. The van der Waals surface area contributed by atoms with E-state index in [1.54, 1.807) is 0 Å². The van der Waals surface area contributed by atoms with Gasteiger partial charge in [-0.1, -0.05) is 195 Å². The van der Waals surface area contributed by atoms with Gasteiger partial charge in [-0.25, -0.2) is 0 Å². The largest absolute Gasteiger partial charge is 0.298 e. The molecule has 45 heavy (non-hydrogen) atoms. The van der Waals surface area contributed by atoms with Gasteiger partial charge in [-0.2, -0.15) is 0 Å². The van der Waals surface area contributed by atoms with Crippen LogP contribution < -0.4 is 0 Å². The third-order valence-corrected chi connectivity index (χ3v) is 12.8. The van der Waals surface area contributed by atoms with Crippen LogP contribution in [0.25, 0.3) is 0 Å². The lowest BCUT2D eigenvalue weighted by molar-refractivity contribution is -0.162. The van der Waals surface area contributed by atoms with Gasteiger partial charge < -0.3 is 0 Å². The molecule has 4 aliphatic rings. The number of rotatable bonds is 31. The van der Waals surface area contributed by atoms with Crippen molar-refractivity contribution in [1.82, 2.24) is 4.90 Å². The molecule has 266 valence electrons. The van der Waals surface area contributed by atoms with Crippen molar-refractivity contribution in [2.75, 3.05) is 13.1 Å². The highest BCUT2D eigenvalue weighted by Crippen LogP contribution is 2.67. The predicted molar refractivity (Wildman–Crippen MR) is 202 cm³/mol. The standard InChI is InChI=1S/C44H85N/c1-5-7-9-11-13-15-17-19-21-23-25-27-29-31-33-45(44-37-41-35-42(3,39-44)38-43(4,36-41)40-44)34-32-30-28-26-24-22-20-18-16-14-12-10-8-6-2/h41H,5-40H2,1-4H3. The van der Waals surface area contributed by atoms with Crippen molar-refractivity contribution in [3.63, 3.8) is 0 Å². The molecular formula is C44H85N. The SMILES string of the molecule is CCCCCCCCCCCCCCCCN(CCCCCCCCCCCCCCCC)C12CC3CC(C)(CC(C)(C3)C1)C2. The van der Waals surface area contributed by atoms with Crippen LogP contribution in [0, 0.1) is 16.7 Å². The van der Waals surface area contributed by atoms with Gasteiger partial charge in [-0.15, -0.1) is 0 Å². The second-order valence-electron chi connectivity index (χ2n) is 18.0. The Morgan fingerprint density at radius 3 is 0.956 bits per heavy atom. The summed E-state index contributed by atoms with van der Waals surface area (Å²) in [6.45, 7) is 12.8. The first kappa shape index (κ1) is 39.4. The summed E-state index contributed by atoms with van der Waals surface area (Å²) in [6, 6.07) is 0. The lowest BCUT2D eigenvalue weighted by atomic mass is 9.42. The van der Waals surface area contributed by atoms with Crippen LogP contribution in [0.3, 0.4) is 0 Å². The molecule has 0 aliphatic heterocycles. The summed E-state index contributed by atoms with van der Waals surface area (Å²) in [5.74, 6) is 1.02. The maximum absolute atomic E-state index is 3.13. The summed E-state index contributed by atoms with van der Waals surface area (Å²) in [6.07, 6.45) is 50.3. The Morgan fingerprint density at radius 1 is 0.378 bits per heavy atom. The zero-order valence-electron chi connectivity index (χ0n) is 32.0. The fourth-order valence-electron chi connectivity index (χ4n) is 11.3. The van der Waals surface area contributed by atoms with Gasteiger partial charge in [0.15, 0.2) is 0 Å². The van der Waals surface area contributed by atoms with Crippen LogP contribution in [0.5, 0.6) is 0 Å². The highest BCUT2D eigenvalue weighted by molar-refractivity contribution is 5.15. The summed E-state index contributed by atoms with van der Waals surface area (Å²) in [7, 11) is 0. The average Bonchev–Trinajstić information content (AvgIpc) is 2.98. The monoisotopic (exact) mass is 628 g/mol. The zero-order chi connectivity index (χ0) is 32.1. The first-order valence-electron chi connectivity index (χ1n) is 21.7. The van der Waals surface area contributed by atoms with Crippen molar-refractivity contribution in [3.05, 3.63) is 0 Å².